The predicted molar refractivity (Wildman–Crippen MR) is 109 cm³/mol. The Labute approximate surface area is 176 Å². The highest BCUT2D eigenvalue weighted by Gasteiger charge is 2.35. The van der Waals surface area contributed by atoms with Crippen LogP contribution in [0.3, 0.4) is 0 Å². The second-order valence-electron chi connectivity index (χ2n) is 7.27. The van der Waals surface area contributed by atoms with E-state index >= 15 is 0 Å². The van der Waals surface area contributed by atoms with E-state index in [1.807, 2.05) is 37.3 Å². The number of rotatable bonds is 4. The number of furan rings is 1. The highest BCUT2D eigenvalue weighted by molar-refractivity contribution is 5.68. The fraction of sp³-hybridized carbons (Fsp3) is 0.174. The van der Waals surface area contributed by atoms with Crippen LogP contribution < -0.4 is 0 Å². The smallest absolute Gasteiger partial charge is 0.416 e. The van der Waals surface area contributed by atoms with Gasteiger partial charge >= 0.3 is 6.18 Å². The Morgan fingerprint density at radius 3 is 2.13 bits per heavy atom. The first kappa shape index (κ1) is 20.8. The van der Waals surface area contributed by atoms with E-state index in [4.69, 9.17) is 4.42 Å². The van der Waals surface area contributed by atoms with Gasteiger partial charge in [0.1, 0.15) is 5.76 Å². The number of aromatic amines is 1. The molecule has 0 saturated heterocycles. The molecule has 1 N–H and O–H groups in total. The van der Waals surface area contributed by atoms with Gasteiger partial charge < -0.3 is 9.40 Å². The number of hydrogen-bond donors (Lipinski definition) is 1. The van der Waals surface area contributed by atoms with Gasteiger partial charge in [-0.05, 0) is 37.3 Å². The molecule has 2 heterocycles. The molecule has 0 fully saturated rings. The van der Waals surface area contributed by atoms with Gasteiger partial charge in [0.15, 0.2) is 11.6 Å². The van der Waals surface area contributed by atoms with Crippen molar-refractivity contribution < 1.29 is 27.8 Å². The van der Waals surface area contributed by atoms with Crippen LogP contribution in [-0.2, 0) is 12.1 Å². The molecule has 0 radical (unpaired) electrons. The minimum Gasteiger partial charge on any atom is -0.453 e. The molecule has 0 atom stereocenters. The van der Waals surface area contributed by atoms with Crippen molar-refractivity contribution in [1.29, 1.82) is 0 Å². The zero-order chi connectivity index (χ0) is 22.4. The Bertz CT molecular complexity index is 1190. The fourth-order valence-corrected chi connectivity index (χ4v) is 3.26. The number of H-pyrrole nitrogens is 1. The predicted octanol–water partition coefficient (Wildman–Crippen LogP) is 7.69. The van der Waals surface area contributed by atoms with Crippen molar-refractivity contribution in [3.8, 4) is 34.2 Å². The maximum atomic E-state index is 13.8. The molecule has 0 spiro atoms. The molecular formula is C23H19F5N2O. The van der Waals surface area contributed by atoms with Gasteiger partial charge in [0.2, 0.25) is 0 Å². The van der Waals surface area contributed by atoms with Crippen molar-refractivity contribution in [2.75, 3.05) is 0 Å². The first-order valence-electron chi connectivity index (χ1n) is 9.35. The van der Waals surface area contributed by atoms with Crippen LogP contribution in [0.5, 0.6) is 0 Å². The van der Waals surface area contributed by atoms with Crippen molar-refractivity contribution in [3.05, 3.63) is 77.5 Å². The summed E-state index contributed by atoms with van der Waals surface area (Å²) < 4.78 is 73.0. The van der Waals surface area contributed by atoms with Crippen LogP contribution in [0, 0.1) is 6.92 Å². The molecule has 3 nitrogen and oxygen atoms in total. The van der Waals surface area contributed by atoms with Crippen LogP contribution >= 0.6 is 0 Å². The van der Waals surface area contributed by atoms with Crippen LogP contribution in [0.4, 0.5) is 22.0 Å². The first-order chi connectivity index (χ1) is 14.5. The number of halogens is 5. The van der Waals surface area contributed by atoms with Gasteiger partial charge in [-0.1, -0.05) is 30.3 Å². The topological polar surface area (TPSA) is 41.8 Å². The Hall–Kier alpha value is -3.42. The van der Waals surface area contributed by atoms with Crippen LogP contribution in [0.2, 0.25) is 0 Å². The van der Waals surface area contributed by atoms with E-state index in [1.54, 1.807) is 0 Å². The third kappa shape index (κ3) is 4.23. The molecule has 2 aromatic heterocycles. The van der Waals surface area contributed by atoms with Crippen molar-refractivity contribution >= 4 is 0 Å². The Morgan fingerprint density at radius 1 is 0.839 bits per heavy atom. The van der Waals surface area contributed by atoms with E-state index in [-0.39, 0.29) is 18.5 Å². The lowest BCUT2D eigenvalue weighted by atomic mass is 10.0. The molecule has 2 aromatic carbocycles. The van der Waals surface area contributed by atoms with Crippen molar-refractivity contribution in [2.24, 2.45) is 0 Å². The quantitative estimate of drug-likeness (QED) is 0.335. The lowest BCUT2D eigenvalue weighted by Gasteiger charge is -2.15. The molecule has 0 aliphatic carbocycles. The molecular weight excluding hydrogens is 415 g/mol. The minimum atomic E-state index is -4.77. The standard InChI is InChI=1S/C23H17F5N2O.H2/c1-13-20(14-6-4-3-5-7-14)30-21(29-13)19-9-8-18(31-19)15-10-16(22(2,24)25)12-17(11-15)23(26,27)28;/h3-12H,1-2H3,(H,29,30);1H. The molecule has 162 valence electrons. The highest BCUT2D eigenvalue weighted by Crippen LogP contribution is 2.39. The lowest BCUT2D eigenvalue weighted by molar-refractivity contribution is -0.137. The summed E-state index contributed by atoms with van der Waals surface area (Å²) in [6.45, 7) is 2.39. The maximum Gasteiger partial charge on any atom is 0.416 e. The lowest BCUT2D eigenvalue weighted by Crippen LogP contribution is -2.11. The summed E-state index contributed by atoms with van der Waals surface area (Å²) in [7, 11) is 0. The number of alkyl halides is 5. The summed E-state index contributed by atoms with van der Waals surface area (Å²) >= 11 is 0. The molecule has 4 rings (SSSR count). The highest BCUT2D eigenvalue weighted by atomic mass is 19.4. The maximum absolute atomic E-state index is 13.8. The van der Waals surface area contributed by atoms with Gasteiger partial charge in [-0.3, -0.25) is 0 Å². The second kappa shape index (κ2) is 7.37. The van der Waals surface area contributed by atoms with E-state index in [2.05, 4.69) is 9.97 Å². The van der Waals surface area contributed by atoms with Crippen LogP contribution in [0.25, 0.3) is 34.2 Å². The zero-order valence-corrected chi connectivity index (χ0v) is 16.5. The molecule has 0 aliphatic rings. The normalized spacial score (nSPS) is 12.4. The number of aryl methyl sites for hydroxylation is 1. The minimum absolute atomic E-state index is 0. The molecule has 0 unspecified atom stereocenters. The summed E-state index contributed by atoms with van der Waals surface area (Å²) in [6, 6.07) is 14.6. The average Bonchev–Trinajstić information content (AvgIpc) is 3.34. The fourth-order valence-electron chi connectivity index (χ4n) is 3.26. The Balaban J connectivity index is 0.00000289. The second-order valence-corrected chi connectivity index (χ2v) is 7.27. The van der Waals surface area contributed by atoms with E-state index in [0.29, 0.717) is 24.5 Å². The van der Waals surface area contributed by atoms with Gasteiger partial charge in [-0.25, -0.2) is 13.8 Å². The Morgan fingerprint density at radius 2 is 1.48 bits per heavy atom. The van der Waals surface area contributed by atoms with Crippen molar-refractivity contribution in [2.45, 2.75) is 25.9 Å². The molecule has 0 saturated carbocycles. The van der Waals surface area contributed by atoms with E-state index in [0.717, 1.165) is 23.4 Å². The van der Waals surface area contributed by atoms with Crippen molar-refractivity contribution in [3.63, 3.8) is 0 Å². The van der Waals surface area contributed by atoms with E-state index in [1.165, 1.54) is 12.1 Å². The van der Waals surface area contributed by atoms with Crippen LogP contribution in [0.1, 0.15) is 25.2 Å². The summed E-state index contributed by atoms with van der Waals surface area (Å²) in [6.07, 6.45) is -4.77. The first-order valence-corrected chi connectivity index (χ1v) is 9.35. The van der Waals surface area contributed by atoms with Gasteiger partial charge in [-0.15, -0.1) is 0 Å². The number of hydrogen-bond acceptors (Lipinski definition) is 2. The molecule has 4 aromatic rings. The van der Waals surface area contributed by atoms with Crippen molar-refractivity contribution in [1.82, 2.24) is 9.97 Å². The van der Waals surface area contributed by atoms with Crippen LogP contribution in [-0.4, -0.2) is 9.97 Å². The molecule has 0 aliphatic heterocycles. The molecule has 31 heavy (non-hydrogen) atoms. The Kier molecular flexibility index (Phi) is 4.95. The van der Waals surface area contributed by atoms with Gasteiger partial charge in [0.25, 0.3) is 5.92 Å². The summed E-state index contributed by atoms with van der Waals surface area (Å²) in [5.41, 5.74) is 0.382. The largest absolute Gasteiger partial charge is 0.453 e. The molecule has 8 heteroatoms. The number of nitrogens with zero attached hydrogens (tertiary/aromatic N) is 1. The summed E-state index contributed by atoms with van der Waals surface area (Å²) in [5.74, 6) is -2.74. The zero-order valence-electron chi connectivity index (χ0n) is 16.5. The average molecular weight is 434 g/mol. The summed E-state index contributed by atoms with van der Waals surface area (Å²) in [4.78, 5) is 7.61. The van der Waals surface area contributed by atoms with Gasteiger partial charge in [0.05, 0.1) is 11.3 Å². The number of aromatic nitrogens is 2. The molecule has 0 bridgehead atoms. The van der Waals surface area contributed by atoms with E-state index in [9.17, 15) is 22.0 Å². The molecule has 0 amide bonds. The monoisotopic (exact) mass is 434 g/mol. The number of imidazole rings is 1. The van der Waals surface area contributed by atoms with Gasteiger partial charge in [-0.2, -0.15) is 13.2 Å². The van der Waals surface area contributed by atoms with E-state index < -0.39 is 23.2 Å². The summed E-state index contributed by atoms with van der Waals surface area (Å²) in [5, 5.41) is 0. The van der Waals surface area contributed by atoms with Gasteiger partial charge in [0, 0.05) is 30.7 Å². The number of benzene rings is 2. The third-order valence-corrected chi connectivity index (χ3v) is 4.82. The third-order valence-electron chi connectivity index (χ3n) is 4.82. The number of nitrogens with one attached hydrogen (secondary N) is 1. The SMILES string of the molecule is Cc1[nH]c(-c2ccc(-c3cc(C(C)(F)F)cc(C(F)(F)F)c3)o2)nc1-c1ccccc1.[HH]. The van der Waals surface area contributed by atoms with Crippen LogP contribution in [0.15, 0.2) is 65.1 Å².